The smallest absolute Gasteiger partial charge is 0.335 e. The number of ether oxygens (including phenoxy) is 1. The molecule has 1 unspecified atom stereocenters. The summed E-state index contributed by atoms with van der Waals surface area (Å²) in [5, 5.41) is 12.3. The summed E-state index contributed by atoms with van der Waals surface area (Å²) in [4.78, 5) is 10.9. The lowest BCUT2D eigenvalue weighted by atomic mass is 10.0. The van der Waals surface area contributed by atoms with E-state index in [1.807, 2.05) is 6.07 Å². The second-order valence-corrected chi connectivity index (χ2v) is 4.79. The number of hydrogen-bond acceptors (Lipinski definition) is 3. The van der Waals surface area contributed by atoms with Crippen molar-refractivity contribution in [1.82, 2.24) is 0 Å². The fourth-order valence-electron chi connectivity index (χ4n) is 1.79. The minimum Gasteiger partial charge on any atom is -0.478 e. The standard InChI is InChI=1S/C14H21NO3/c1-9(2)13(8-18-4)15-11-5-6-12(14(16)17)10(3)7-11/h5-7,9,13,15H,8H2,1-4H3,(H,16,17). The van der Waals surface area contributed by atoms with E-state index in [-0.39, 0.29) is 6.04 Å². The van der Waals surface area contributed by atoms with E-state index in [1.165, 1.54) is 0 Å². The number of carbonyl (C=O) groups is 1. The van der Waals surface area contributed by atoms with Gasteiger partial charge in [-0.25, -0.2) is 4.79 Å². The van der Waals surface area contributed by atoms with Gasteiger partial charge >= 0.3 is 5.97 Å². The molecule has 0 heterocycles. The third-order valence-electron chi connectivity index (χ3n) is 2.96. The van der Waals surface area contributed by atoms with Crippen molar-refractivity contribution in [1.29, 1.82) is 0 Å². The number of carboxylic acid groups (broad SMARTS) is 1. The Hall–Kier alpha value is -1.55. The summed E-state index contributed by atoms with van der Waals surface area (Å²) in [5.41, 5.74) is 2.02. The van der Waals surface area contributed by atoms with Crippen LogP contribution in [0.5, 0.6) is 0 Å². The Labute approximate surface area is 108 Å². The number of hydrogen-bond donors (Lipinski definition) is 2. The normalized spacial score (nSPS) is 12.5. The molecule has 0 saturated carbocycles. The highest BCUT2D eigenvalue weighted by Gasteiger charge is 2.14. The van der Waals surface area contributed by atoms with Gasteiger partial charge in [0, 0.05) is 12.8 Å². The zero-order valence-corrected chi connectivity index (χ0v) is 11.4. The Balaban J connectivity index is 2.84. The van der Waals surface area contributed by atoms with Crippen LogP contribution >= 0.6 is 0 Å². The summed E-state index contributed by atoms with van der Waals surface area (Å²) in [5.74, 6) is -0.458. The van der Waals surface area contributed by atoms with Gasteiger partial charge in [0.1, 0.15) is 0 Å². The highest BCUT2D eigenvalue weighted by molar-refractivity contribution is 5.89. The van der Waals surface area contributed by atoms with Crippen molar-refractivity contribution in [2.24, 2.45) is 5.92 Å². The molecule has 1 aromatic carbocycles. The zero-order chi connectivity index (χ0) is 13.7. The molecule has 0 fully saturated rings. The molecule has 0 aliphatic carbocycles. The first-order valence-corrected chi connectivity index (χ1v) is 6.05. The molecule has 0 amide bonds. The predicted molar refractivity (Wildman–Crippen MR) is 72.3 cm³/mol. The number of nitrogens with one attached hydrogen (secondary N) is 1. The molecule has 0 aliphatic rings. The van der Waals surface area contributed by atoms with E-state index in [1.54, 1.807) is 26.2 Å². The molecule has 1 atom stereocenters. The average molecular weight is 251 g/mol. The zero-order valence-electron chi connectivity index (χ0n) is 11.4. The number of aromatic carboxylic acids is 1. The molecule has 0 aliphatic heterocycles. The number of carboxylic acids is 1. The molecule has 0 radical (unpaired) electrons. The third-order valence-corrected chi connectivity index (χ3v) is 2.96. The van der Waals surface area contributed by atoms with Gasteiger partial charge in [-0.15, -0.1) is 0 Å². The maximum absolute atomic E-state index is 10.9. The van der Waals surface area contributed by atoms with Gasteiger partial charge in [0.25, 0.3) is 0 Å². The Kier molecular flexibility index (Phi) is 5.16. The number of rotatable bonds is 6. The van der Waals surface area contributed by atoms with Crippen LogP contribution in [0.4, 0.5) is 5.69 Å². The summed E-state index contributed by atoms with van der Waals surface area (Å²) in [6.07, 6.45) is 0. The van der Waals surface area contributed by atoms with E-state index in [0.717, 1.165) is 11.3 Å². The Morgan fingerprint density at radius 3 is 2.56 bits per heavy atom. The van der Waals surface area contributed by atoms with Gasteiger partial charge in [0.2, 0.25) is 0 Å². The lowest BCUT2D eigenvalue weighted by Crippen LogP contribution is -2.30. The summed E-state index contributed by atoms with van der Waals surface area (Å²) in [7, 11) is 1.68. The van der Waals surface area contributed by atoms with Crippen molar-refractivity contribution in [3.63, 3.8) is 0 Å². The van der Waals surface area contributed by atoms with E-state index in [4.69, 9.17) is 9.84 Å². The second-order valence-electron chi connectivity index (χ2n) is 4.79. The van der Waals surface area contributed by atoms with Crippen molar-refractivity contribution in [3.8, 4) is 0 Å². The molecule has 100 valence electrons. The number of benzene rings is 1. The molecule has 4 nitrogen and oxygen atoms in total. The third kappa shape index (κ3) is 3.74. The van der Waals surface area contributed by atoms with Crippen LogP contribution in [-0.2, 0) is 4.74 Å². The molecule has 1 rings (SSSR count). The van der Waals surface area contributed by atoms with Crippen LogP contribution in [0.3, 0.4) is 0 Å². The molecule has 18 heavy (non-hydrogen) atoms. The summed E-state index contributed by atoms with van der Waals surface area (Å²) >= 11 is 0. The van der Waals surface area contributed by atoms with Crippen LogP contribution in [0.15, 0.2) is 18.2 Å². The molecule has 0 spiro atoms. The fraction of sp³-hybridized carbons (Fsp3) is 0.500. The second kappa shape index (κ2) is 6.40. The number of anilines is 1. The van der Waals surface area contributed by atoms with Gasteiger partial charge in [0.05, 0.1) is 18.2 Å². The van der Waals surface area contributed by atoms with Crippen molar-refractivity contribution in [2.45, 2.75) is 26.8 Å². The van der Waals surface area contributed by atoms with Gasteiger partial charge in [-0.1, -0.05) is 13.8 Å². The minimum absolute atomic E-state index is 0.213. The predicted octanol–water partition coefficient (Wildman–Crippen LogP) is 2.78. The maximum atomic E-state index is 10.9. The minimum atomic E-state index is -0.892. The van der Waals surface area contributed by atoms with Gasteiger partial charge in [0.15, 0.2) is 0 Å². The van der Waals surface area contributed by atoms with Gasteiger partial charge in [-0.2, -0.15) is 0 Å². The van der Waals surface area contributed by atoms with Crippen molar-refractivity contribution in [3.05, 3.63) is 29.3 Å². The van der Waals surface area contributed by atoms with Crippen LogP contribution in [0.2, 0.25) is 0 Å². The van der Waals surface area contributed by atoms with E-state index in [0.29, 0.717) is 18.1 Å². The average Bonchev–Trinajstić information content (AvgIpc) is 2.27. The molecule has 0 saturated heterocycles. The van der Waals surface area contributed by atoms with E-state index >= 15 is 0 Å². The monoisotopic (exact) mass is 251 g/mol. The van der Waals surface area contributed by atoms with Gasteiger partial charge in [-0.05, 0) is 36.6 Å². The van der Waals surface area contributed by atoms with E-state index in [9.17, 15) is 4.79 Å². The number of aryl methyl sites for hydroxylation is 1. The molecule has 0 bridgehead atoms. The van der Waals surface area contributed by atoms with Crippen LogP contribution < -0.4 is 5.32 Å². The largest absolute Gasteiger partial charge is 0.478 e. The first kappa shape index (κ1) is 14.5. The Morgan fingerprint density at radius 1 is 1.44 bits per heavy atom. The number of methoxy groups -OCH3 is 1. The van der Waals surface area contributed by atoms with Crippen LogP contribution in [-0.4, -0.2) is 30.8 Å². The van der Waals surface area contributed by atoms with E-state index < -0.39 is 5.97 Å². The molecular formula is C14H21NO3. The fourth-order valence-corrected chi connectivity index (χ4v) is 1.79. The molecule has 0 aromatic heterocycles. The summed E-state index contributed by atoms with van der Waals surface area (Å²) in [6, 6.07) is 5.49. The highest BCUT2D eigenvalue weighted by Crippen LogP contribution is 2.18. The Bertz CT molecular complexity index is 416. The summed E-state index contributed by atoms with van der Waals surface area (Å²) in [6.45, 7) is 6.66. The first-order valence-electron chi connectivity index (χ1n) is 6.05. The molecule has 2 N–H and O–H groups in total. The lowest BCUT2D eigenvalue weighted by molar-refractivity contribution is 0.0696. The molecule has 4 heteroatoms. The molecule has 1 aromatic rings. The van der Waals surface area contributed by atoms with Gasteiger partial charge in [-0.3, -0.25) is 0 Å². The Morgan fingerprint density at radius 2 is 2.11 bits per heavy atom. The SMILES string of the molecule is COCC(Nc1ccc(C(=O)O)c(C)c1)C(C)C. The first-order chi connectivity index (χ1) is 8.45. The topological polar surface area (TPSA) is 58.6 Å². The van der Waals surface area contributed by atoms with E-state index in [2.05, 4.69) is 19.2 Å². The lowest BCUT2D eigenvalue weighted by Gasteiger charge is -2.23. The quantitative estimate of drug-likeness (QED) is 0.816. The van der Waals surface area contributed by atoms with Crippen molar-refractivity contribution >= 4 is 11.7 Å². The molecular weight excluding hydrogens is 230 g/mol. The van der Waals surface area contributed by atoms with Crippen molar-refractivity contribution in [2.75, 3.05) is 19.0 Å². The van der Waals surface area contributed by atoms with Crippen LogP contribution in [0.25, 0.3) is 0 Å². The maximum Gasteiger partial charge on any atom is 0.335 e. The van der Waals surface area contributed by atoms with Gasteiger partial charge < -0.3 is 15.2 Å². The highest BCUT2D eigenvalue weighted by atomic mass is 16.5. The summed E-state index contributed by atoms with van der Waals surface area (Å²) < 4.78 is 5.17. The van der Waals surface area contributed by atoms with Crippen LogP contribution in [0, 0.1) is 12.8 Å². The van der Waals surface area contributed by atoms with Crippen LogP contribution in [0.1, 0.15) is 29.8 Å². The van der Waals surface area contributed by atoms with Crippen molar-refractivity contribution < 1.29 is 14.6 Å².